The lowest BCUT2D eigenvalue weighted by Gasteiger charge is -2.14. The smallest absolute Gasteiger partial charge is 0.285 e. The highest BCUT2D eigenvalue weighted by atomic mass is 16.6. The number of carbonyl (C=O) groups excluding carboxylic acids is 1. The average molecular weight is 314 g/mol. The van der Waals surface area contributed by atoms with Gasteiger partial charge in [-0.2, -0.15) is 0 Å². The number of carbonyl (C=O) groups is 1. The molecule has 2 aromatic rings. The van der Waals surface area contributed by atoms with Gasteiger partial charge in [0, 0.05) is 11.6 Å². The van der Waals surface area contributed by atoms with E-state index in [0.29, 0.717) is 12.0 Å². The third-order valence-corrected chi connectivity index (χ3v) is 3.52. The van der Waals surface area contributed by atoms with E-state index in [-0.39, 0.29) is 23.0 Å². The maximum absolute atomic E-state index is 12.3. The minimum absolute atomic E-state index is 0.0626. The van der Waals surface area contributed by atoms with Crippen LogP contribution < -0.4 is 5.32 Å². The van der Waals surface area contributed by atoms with Gasteiger partial charge in [0.15, 0.2) is 0 Å². The molecule has 0 aromatic heterocycles. The lowest BCUT2D eigenvalue weighted by Crippen LogP contribution is -2.34. The monoisotopic (exact) mass is 314 g/mol. The van der Waals surface area contributed by atoms with Crippen LogP contribution >= 0.6 is 0 Å². The van der Waals surface area contributed by atoms with Gasteiger partial charge >= 0.3 is 0 Å². The molecule has 2 N–H and O–H groups in total. The Kier molecular flexibility index (Phi) is 4.95. The molecule has 0 saturated heterocycles. The van der Waals surface area contributed by atoms with Crippen molar-refractivity contribution >= 4 is 11.6 Å². The largest absolute Gasteiger partial charge is 0.508 e. The van der Waals surface area contributed by atoms with Crippen molar-refractivity contribution in [3.8, 4) is 5.75 Å². The zero-order valence-corrected chi connectivity index (χ0v) is 12.9. The molecule has 6 heteroatoms. The number of para-hydroxylation sites is 1. The van der Waals surface area contributed by atoms with Gasteiger partial charge in [0.2, 0.25) is 0 Å². The second kappa shape index (κ2) is 6.91. The third kappa shape index (κ3) is 4.06. The van der Waals surface area contributed by atoms with Crippen LogP contribution in [0.3, 0.4) is 0 Å². The number of nitrogens with zero attached hydrogens (tertiary/aromatic N) is 1. The second-order valence-electron chi connectivity index (χ2n) is 5.47. The Morgan fingerprint density at radius 3 is 2.52 bits per heavy atom. The van der Waals surface area contributed by atoms with Gasteiger partial charge in [0.25, 0.3) is 11.6 Å². The Hall–Kier alpha value is -2.89. The summed E-state index contributed by atoms with van der Waals surface area (Å²) >= 11 is 0. The number of aryl methyl sites for hydroxylation is 1. The van der Waals surface area contributed by atoms with E-state index in [1.807, 2.05) is 6.92 Å². The van der Waals surface area contributed by atoms with Crippen molar-refractivity contribution in [2.45, 2.75) is 26.3 Å². The summed E-state index contributed by atoms with van der Waals surface area (Å²) in [6.45, 7) is 3.43. The Bertz CT molecular complexity index is 726. The fourth-order valence-corrected chi connectivity index (χ4v) is 2.42. The van der Waals surface area contributed by atoms with Crippen LogP contribution in [0.15, 0.2) is 42.5 Å². The molecule has 120 valence electrons. The second-order valence-corrected chi connectivity index (χ2v) is 5.47. The summed E-state index contributed by atoms with van der Waals surface area (Å²) < 4.78 is 0. The summed E-state index contributed by atoms with van der Waals surface area (Å²) in [5.41, 5.74) is 1.30. The molecule has 0 aliphatic rings. The van der Waals surface area contributed by atoms with E-state index in [0.717, 1.165) is 5.56 Å². The van der Waals surface area contributed by atoms with Crippen molar-refractivity contribution in [2.24, 2.45) is 0 Å². The fraction of sp³-hybridized carbons (Fsp3) is 0.235. The lowest BCUT2D eigenvalue weighted by molar-refractivity contribution is -0.385. The van der Waals surface area contributed by atoms with Crippen molar-refractivity contribution < 1.29 is 14.8 Å². The molecule has 0 aliphatic carbocycles. The first-order valence-corrected chi connectivity index (χ1v) is 7.21. The number of hydrogen-bond donors (Lipinski definition) is 2. The molecule has 23 heavy (non-hydrogen) atoms. The first kappa shape index (κ1) is 16.5. The number of nitro groups is 1. The number of amides is 1. The predicted molar refractivity (Wildman–Crippen MR) is 86.6 cm³/mol. The van der Waals surface area contributed by atoms with Gasteiger partial charge < -0.3 is 10.4 Å². The summed E-state index contributed by atoms with van der Waals surface area (Å²) in [5.74, 6) is -0.285. The summed E-state index contributed by atoms with van der Waals surface area (Å²) in [5, 5.41) is 23.2. The van der Waals surface area contributed by atoms with Crippen molar-refractivity contribution in [1.29, 1.82) is 0 Å². The number of aromatic hydroxyl groups is 1. The Labute approximate surface area is 133 Å². The van der Waals surface area contributed by atoms with Crippen LogP contribution in [0.4, 0.5) is 5.69 Å². The lowest BCUT2D eigenvalue weighted by atomic mass is 10.0. The number of rotatable bonds is 5. The van der Waals surface area contributed by atoms with E-state index in [9.17, 15) is 20.0 Å². The molecule has 0 unspecified atom stereocenters. The quantitative estimate of drug-likeness (QED) is 0.655. The Morgan fingerprint density at radius 2 is 1.91 bits per heavy atom. The summed E-state index contributed by atoms with van der Waals surface area (Å²) in [4.78, 5) is 22.9. The van der Waals surface area contributed by atoms with E-state index in [1.165, 1.54) is 6.07 Å². The molecule has 0 fully saturated rings. The van der Waals surface area contributed by atoms with E-state index in [1.54, 1.807) is 43.3 Å². The highest BCUT2D eigenvalue weighted by Gasteiger charge is 2.23. The molecule has 0 bridgehead atoms. The van der Waals surface area contributed by atoms with E-state index in [4.69, 9.17) is 0 Å². The van der Waals surface area contributed by atoms with Crippen molar-refractivity contribution in [2.75, 3.05) is 0 Å². The number of hydrogen-bond acceptors (Lipinski definition) is 4. The number of phenolic OH excluding ortho intramolecular Hbond substituents is 1. The molecule has 1 amide bonds. The van der Waals surface area contributed by atoms with Gasteiger partial charge in [0.05, 0.1) is 4.92 Å². The first-order valence-electron chi connectivity index (χ1n) is 7.21. The van der Waals surface area contributed by atoms with Crippen LogP contribution in [-0.2, 0) is 6.42 Å². The van der Waals surface area contributed by atoms with Gasteiger partial charge in [-0.05, 0) is 44.0 Å². The number of benzene rings is 2. The van der Waals surface area contributed by atoms with E-state index in [2.05, 4.69) is 5.32 Å². The van der Waals surface area contributed by atoms with Gasteiger partial charge in [-0.25, -0.2) is 0 Å². The van der Waals surface area contributed by atoms with Crippen LogP contribution in [0.5, 0.6) is 5.75 Å². The third-order valence-electron chi connectivity index (χ3n) is 3.52. The van der Waals surface area contributed by atoms with Crippen molar-refractivity contribution in [1.82, 2.24) is 5.32 Å². The molecule has 0 radical (unpaired) electrons. The molecule has 0 spiro atoms. The fourth-order valence-electron chi connectivity index (χ4n) is 2.42. The predicted octanol–water partition coefficient (Wildman–Crippen LogP) is 2.97. The van der Waals surface area contributed by atoms with Crippen molar-refractivity contribution in [3.63, 3.8) is 0 Å². The van der Waals surface area contributed by atoms with Gasteiger partial charge in [0.1, 0.15) is 11.3 Å². The first-order chi connectivity index (χ1) is 10.9. The highest BCUT2D eigenvalue weighted by Crippen LogP contribution is 2.23. The summed E-state index contributed by atoms with van der Waals surface area (Å²) in [6, 6.07) is 11.2. The highest BCUT2D eigenvalue weighted by molar-refractivity contribution is 5.98. The maximum atomic E-state index is 12.3. The molecule has 0 heterocycles. The Morgan fingerprint density at radius 1 is 1.26 bits per heavy atom. The van der Waals surface area contributed by atoms with Crippen LogP contribution in [0.2, 0.25) is 0 Å². The van der Waals surface area contributed by atoms with Crippen LogP contribution in [-0.4, -0.2) is 22.0 Å². The van der Waals surface area contributed by atoms with Gasteiger partial charge in [-0.1, -0.05) is 24.3 Å². The SMILES string of the molecule is Cc1cccc(C(=O)N[C@@H](C)Cc2ccc(O)cc2)c1[N+](=O)[O-]. The molecule has 1 atom stereocenters. The minimum Gasteiger partial charge on any atom is -0.508 e. The topological polar surface area (TPSA) is 92.5 Å². The number of nitro benzene ring substituents is 1. The molecular weight excluding hydrogens is 296 g/mol. The average Bonchev–Trinajstić information content (AvgIpc) is 2.48. The molecule has 2 rings (SSSR count). The normalized spacial score (nSPS) is 11.7. The number of nitrogens with one attached hydrogen (secondary N) is 1. The van der Waals surface area contributed by atoms with Crippen LogP contribution in [0.25, 0.3) is 0 Å². The van der Waals surface area contributed by atoms with Crippen LogP contribution in [0, 0.1) is 17.0 Å². The van der Waals surface area contributed by atoms with Crippen LogP contribution in [0.1, 0.15) is 28.4 Å². The molecule has 0 saturated carbocycles. The van der Waals surface area contributed by atoms with Gasteiger partial charge in [-0.15, -0.1) is 0 Å². The Balaban J connectivity index is 2.11. The van der Waals surface area contributed by atoms with Gasteiger partial charge in [-0.3, -0.25) is 14.9 Å². The zero-order valence-electron chi connectivity index (χ0n) is 12.9. The molecule has 2 aromatic carbocycles. The maximum Gasteiger partial charge on any atom is 0.285 e. The minimum atomic E-state index is -0.533. The molecule has 6 nitrogen and oxygen atoms in total. The van der Waals surface area contributed by atoms with E-state index >= 15 is 0 Å². The summed E-state index contributed by atoms with van der Waals surface area (Å²) in [7, 11) is 0. The molecule has 0 aliphatic heterocycles. The van der Waals surface area contributed by atoms with Crippen molar-refractivity contribution in [3.05, 3.63) is 69.3 Å². The zero-order chi connectivity index (χ0) is 17.0. The molecular formula is C17H18N2O4. The van der Waals surface area contributed by atoms with E-state index < -0.39 is 10.8 Å². The summed E-state index contributed by atoms with van der Waals surface area (Å²) in [6.07, 6.45) is 0.561. The number of phenols is 1. The standard InChI is InChI=1S/C17H18N2O4/c1-11-4-3-5-15(16(11)19(22)23)17(21)18-12(2)10-13-6-8-14(20)9-7-13/h3-9,12,20H,10H2,1-2H3,(H,18,21)/t12-/m0/s1.